The van der Waals surface area contributed by atoms with Crippen LogP contribution in [0, 0.1) is 0 Å². The summed E-state index contributed by atoms with van der Waals surface area (Å²) in [5, 5.41) is 45.7. The van der Waals surface area contributed by atoms with Gasteiger partial charge in [0.05, 0.1) is 0 Å². The fraction of sp³-hybridized carbons (Fsp3) is 0.731. The SMILES string of the molecule is NCCCC[C@H](NC(=O)CCCCCCC(=O)NCCCC[C@H](NC(=O)N[C@@H](CCC(=O)O)C(=O)O)C(=O)O)C(=O)O. The Morgan fingerprint density at radius 1 is 0.524 bits per heavy atom. The van der Waals surface area contributed by atoms with Crippen molar-refractivity contribution in [1.82, 2.24) is 21.3 Å². The molecular formula is C26H45N5O11. The minimum atomic E-state index is -1.49. The van der Waals surface area contributed by atoms with E-state index in [0.717, 1.165) is 0 Å². The molecule has 240 valence electrons. The van der Waals surface area contributed by atoms with Gasteiger partial charge in [-0.1, -0.05) is 12.8 Å². The minimum Gasteiger partial charge on any atom is -0.481 e. The van der Waals surface area contributed by atoms with E-state index < -0.39 is 54.5 Å². The zero-order valence-corrected chi connectivity index (χ0v) is 23.8. The Balaban J connectivity index is 4.10. The molecule has 0 aromatic carbocycles. The Bertz CT molecular complexity index is 900. The highest BCUT2D eigenvalue weighted by molar-refractivity contribution is 5.86. The molecule has 0 bridgehead atoms. The minimum absolute atomic E-state index is 0.0278. The van der Waals surface area contributed by atoms with Gasteiger partial charge in [0.15, 0.2) is 0 Å². The average Bonchev–Trinajstić information content (AvgIpc) is 2.91. The summed E-state index contributed by atoms with van der Waals surface area (Å²) >= 11 is 0. The van der Waals surface area contributed by atoms with Crippen molar-refractivity contribution in [3.63, 3.8) is 0 Å². The van der Waals surface area contributed by atoms with Gasteiger partial charge in [-0.15, -0.1) is 0 Å². The Morgan fingerprint density at radius 2 is 1.00 bits per heavy atom. The first kappa shape index (κ1) is 38.0. The van der Waals surface area contributed by atoms with Gasteiger partial charge < -0.3 is 47.4 Å². The molecule has 4 amide bonds. The fourth-order valence-corrected chi connectivity index (χ4v) is 3.87. The van der Waals surface area contributed by atoms with Gasteiger partial charge in [-0.05, 0) is 64.3 Å². The number of carbonyl (C=O) groups is 7. The van der Waals surface area contributed by atoms with Crippen LogP contribution in [0.25, 0.3) is 0 Å². The van der Waals surface area contributed by atoms with Crippen molar-refractivity contribution in [1.29, 1.82) is 0 Å². The van der Waals surface area contributed by atoms with Gasteiger partial charge in [-0.25, -0.2) is 19.2 Å². The maximum Gasteiger partial charge on any atom is 0.326 e. The number of carboxylic acid groups (broad SMARTS) is 4. The Kier molecular flexibility index (Phi) is 20.6. The second-order valence-electron chi connectivity index (χ2n) is 9.83. The molecule has 0 aliphatic rings. The third kappa shape index (κ3) is 20.0. The highest BCUT2D eigenvalue weighted by Crippen LogP contribution is 2.08. The summed E-state index contributed by atoms with van der Waals surface area (Å²) in [4.78, 5) is 80.5. The Hall–Kier alpha value is -3.95. The predicted octanol–water partition coefficient (Wildman–Crippen LogP) is 0.382. The molecule has 0 saturated heterocycles. The average molecular weight is 604 g/mol. The Morgan fingerprint density at radius 3 is 1.50 bits per heavy atom. The monoisotopic (exact) mass is 603 g/mol. The number of hydrogen-bond acceptors (Lipinski definition) is 8. The molecule has 0 rings (SSSR count). The van der Waals surface area contributed by atoms with Crippen LogP contribution >= 0.6 is 0 Å². The summed E-state index contributed by atoms with van der Waals surface area (Å²) in [5.41, 5.74) is 5.40. The van der Waals surface area contributed by atoms with Crippen molar-refractivity contribution in [3.8, 4) is 0 Å². The first-order valence-corrected chi connectivity index (χ1v) is 14.1. The molecule has 0 spiro atoms. The van der Waals surface area contributed by atoms with E-state index in [-0.39, 0.29) is 37.5 Å². The van der Waals surface area contributed by atoms with Crippen LogP contribution in [0.3, 0.4) is 0 Å². The van der Waals surface area contributed by atoms with Crippen molar-refractivity contribution in [2.75, 3.05) is 13.1 Å². The first-order chi connectivity index (χ1) is 19.9. The van der Waals surface area contributed by atoms with Gasteiger partial charge in [0.1, 0.15) is 18.1 Å². The van der Waals surface area contributed by atoms with Gasteiger partial charge in [-0.2, -0.15) is 0 Å². The van der Waals surface area contributed by atoms with Gasteiger partial charge in [-0.3, -0.25) is 14.4 Å². The maximum atomic E-state index is 12.0. The lowest BCUT2D eigenvalue weighted by Crippen LogP contribution is -2.51. The summed E-state index contributed by atoms with van der Waals surface area (Å²) in [6.07, 6.45) is 4.66. The topological polar surface area (TPSA) is 275 Å². The molecule has 0 heterocycles. The largest absolute Gasteiger partial charge is 0.481 e. The second kappa shape index (κ2) is 22.7. The van der Waals surface area contributed by atoms with Crippen LogP contribution in [-0.2, 0) is 28.8 Å². The summed E-state index contributed by atoms with van der Waals surface area (Å²) < 4.78 is 0. The van der Waals surface area contributed by atoms with Crippen LogP contribution in [0.5, 0.6) is 0 Å². The van der Waals surface area contributed by atoms with E-state index in [4.69, 9.17) is 15.9 Å². The summed E-state index contributed by atoms with van der Waals surface area (Å²) in [6, 6.07) is -4.76. The summed E-state index contributed by atoms with van der Waals surface area (Å²) in [5.74, 6) is -5.59. The lowest BCUT2D eigenvalue weighted by atomic mass is 10.1. The number of amides is 4. The molecule has 0 saturated carbocycles. The molecular weight excluding hydrogens is 558 g/mol. The lowest BCUT2D eigenvalue weighted by molar-refractivity contribution is -0.142. The Labute approximate surface area is 244 Å². The molecule has 0 fully saturated rings. The van der Waals surface area contributed by atoms with E-state index in [1.54, 1.807) is 0 Å². The fourth-order valence-electron chi connectivity index (χ4n) is 3.87. The number of hydrogen-bond donors (Lipinski definition) is 9. The summed E-state index contributed by atoms with van der Waals surface area (Å²) in [7, 11) is 0. The normalized spacial score (nSPS) is 12.8. The number of rotatable bonds is 25. The number of carbonyl (C=O) groups excluding carboxylic acids is 3. The van der Waals surface area contributed by atoms with Crippen LogP contribution in [0.2, 0.25) is 0 Å². The third-order valence-corrected chi connectivity index (χ3v) is 6.23. The first-order valence-electron chi connectivity index (χ1n) is 14.1. The van der Waals surface area contributed by atoms with Crippen LogP contribution in [0.1, 0.15) is 89.9 Å². The zero-order valence-electron chi connectivity index (χ0n) is 23.8. The van der Waals surface area contributed by atoms with Crippen LogP contribution in [-0.4, -0.2) is 93.4 Å². The third-order valence-electron chi connectivity index (χ3n) is 6.23. The molecule has 16 heteroatoms. The van der Waals surface area contributed by atoms with E-state index >= 15 is 0 Å². The van der Waals surface area contributed by atoms with Crippen molar-refractivity contribution in [2.24, 2.45) is 5.73 Å². The van der Waals surface area contributed by atoms with Crippen LogP contribution in [0.15, 0.2) is 0 Å². The molecule has 16 nitrogen and oxygen atoms in total. The van der Waals surface area contributed by atoms with Crippen LogP contribution < -0.4 is 27.0 Å². The smallest absolute Gasteiger partial charge is 0.326 e. The van der Waals surface area contributed by atoms with Gasteiger partial charge in [0, 0.05) is 25.8 Å². The number of unbranched alkanes of at least 4 members (excludes halogenated alkanes) is 5. The molecule has 3 atom stereocenters. The van der Waals surface area contributed by atoms with E-state index in [1.807, 2.05) is 0 Å². The number of aliphatic carboxylic acids is 4. The van der Waals surface area contributed by atoms with Crippen molar-refractivity contribution in [3.05, 3.63) is 0 Å². The molecule has 10 N–H and O–H groups in total. The van der Waals surface area contributed by atoms with Gasteiger partial charge >= 0.3 is 29.9 Å². The number of carboxylic acids is 4. The second-order valence-corrected chi connectivity index (χ2v) is 9.83. The molecule has 0 unspecified atom stereocenters. The van der Waals surface area contributed by atoms with E-state index in [1.165, 1.54) is 0 Å². The predicted molar refractivity (Wildman–Crippen MR) is 148 cm³/mol. The standard InChI is InChI=1S/C26H45N5O11/c27-15-7-5-9-17(23(36)37)29-21(33)12-4-2-1-3-11-20(32)28-16-8-6-10-18(24(38)39)30-26(42)31-19(25(40)41)13-14-22(34)35/h17-19H,1-16,27H2,(H,28,32)(H,29,33)(H,34,35)(H,36,37)(H,38,39)(H,40,41)(H2,30,31,42)/t17-,18-,19-/m0/s1. The van der Waals surface area contributed by atoms with E-state index in [0.29, 0.717) is 70.9 Å². The van der Waals surface area contributed by atoms with Crippen LogP contribution in [0.4, 0.5) is 4.79 Å². The zero-order chi connectivity index (χ0) is 31.9. The molecule has 0 aliphatic heterocycles. The molecule has 0 aromatic heterocycles. The van der Waals surface area contributed by atoms with Crippen molar-refractivity contribution < 1.29 is 54.0 Å². The quantitative estimate of drug-likeness (QED) is 0.0641. The number of nitrogens with one attached hydrogen (secondary N) is 4. The molecule has 0 aliphatic carbocycles. The van der Waals surface area contributed by atoms with Gasteiger partial charge in [0.25, 0.3) is 0 Å². The summed E-state index contributed by atoms with van der Waals surface area (Å²) in [6.45, 7) is 0.758. The molecule has 42 heavy (non-hydrogen) atoms. The highest BCUT2D eigenvalue weighted by atomic mass is 16.4. The highest BCUT2D eigenvalue weighted by Gasteiger charge is 2.25. The molecule has 0 aromatic rings. The number of urea groups is 1. The van der Waals surface area contributed by atoms with Crippen molar-refractivity contribution >= 4 is 41.7 Å². The van der Waals surface area contributed by atoms with Crippen molar-refractivity contribution in [2.45, 2.75) is 108 Å². The van der Waals surface area contributed by atoms with E-state index in [2.05, 4.69) is 21.3 Å². The molecule has 0 radical (unpaired) electrons. The number of nitrogens with two attached hydrogens (primary N) is 1. The van der Waals surface area contributed by atoms with E-state index in [9.17, 15) is 43.8 Å². The maximum absolute atomic E-state index is 12.0. The lowest BCUT2D eigenvalue weighted by Gasteiger charge is -2.18. The van der Waals surface area contributed by atoms with Gasteiger partial charge in [0.2, 0.25) is 11.8 Å².